The van der Waals surface area contributed by atoms with E-state index in [1.807, 2.05) is 12.1 Å². The van der Waals surface area contributed by atoms with Crippen LogP contribution in [0.25, 0.3) is 0 Å². The molecule has 4 heteroatoms. The lowest BCUT2D eigenvalue weighted by Crippen LogP contribution is -2.22. The topological polar surface area (TPSA) is 42.1 Å². The number of hydrogen-bond donors (Lipinski definition) is 1. The van der Waals surface area contributed by atoms with Crippen molar-refractivity contribution in [1.82, 2.24) is 4.98 Å². The molecule has 1 aliphatic rings. The lowest BCUT2D eigenvalue weighted by molar-refractivity contribution is 0.627. The Balaban J connectivity index is 1.95. The van der Waals surface area contributed by atoms with Crippen LogP contribution >= 0.6 is 0 Å². The highest BCUT2D eigenvalue weighted by Crippen LogP contribution is 2.28. The number of benzene rings is 1. The van der Waals surface area contributed by atoms with Crippen LogP contribution in [0.3, 0.4) is 0 Å². The van der Waals surface area contributed by atoms with Crippen LogP contribution in [0, 0.1) is 5.82 Å². The summed E-state index contributed by atoms with van der Waals surface area (Å²) in [7, 11) is 0. The fourth-order valence-corrected chi connectivity index (χ4v) is 2.83. The molecule has 2 aromatic rings. The summed E-state index contributed by atoms with van der Waals surface area (Å²) < 4.78 is 13.5. The summed E-state index contributed by atoms with van der Waals surface area (Å²) in [5.74, 6) is 0.654. The van der Waals surface area contributed by atoms with Gasteiger partial charge in [-0.05, 0) is 62.1 Å². The molecule has 0 saturated carbocycles. The molecule has 0 atom stereocenters. The fraction of sp³-hybridized carbons (Fsp3) is 0.353. The molecular weight excluding hydrogens is 265 g/mol. The number of hydrogen-bond acceptors (Lipinski definition) is 3. The molecule has 3 nitrogen and oxygen atoms in total. The van der Waals surface area contributed by atoms with Crippen LogP contribution in [0.4, 0.5) is 15.9 Å². The summed E-state index contributed by atoms with van der Waals surface area (Å²) in [4.78, 5) is 6.83. The summed E-state index contributed by atoms with van der Waals surface area (Å²) in [6.45, 7) is 1.35. The Labute approximate surface area is 124 Å². The summed E-state index contributed by atoms with van der Waals surface area (Å²) in [6, 6.07) is 10.8. The van der Waals surface area contributed by atoms with Crippen LogP contribution in [-0.2, 0) is 12.8 Å². The van der Waals surface area contributed by atoms with Crippen molar-refractivity contribution in [3.05, 3.63) is 53.5 Å². The van der Waals surface area contributed by atoms with E-state index in [2.05, 4.69) is 11.0 Å². The molecule has 0 radical (unpaired) electrons. The SMILES string of the molecule is NCCCN(c1cccc(F)c1)c1ccc2c(n1)CCC2. The Morgan fingerprint density at radius 2 is 2.10 bits per heavy atom. The van der Waals surface area contributed by atoms with Crippen molar-refractivity contribution in [2.45, 2.75) is 25.7 Å². The van der Waals surface area contributed by atoms with Crippen molar-refractivity contribution < 1.29 is 4.39 Å². The first-order valence-corrected chi connectivity index (χ1v) is 7.50. The van der Waals surface area contributed by atoms with Gasteiger partial charge in [-0.3, -0.25) is 0 Å². The highest BCUT2D eigenvalue weighted by Gasteiger charge is 2.16. The van der Waals surface area contributed by atoms with Gasteiger partial charge in [0.05, 0.1) is 0 Å². The number of aryl methyl sites for hydroxylation is 2. The standard InChI is InChI=1S/C17H20FN3/c18-14-5-2-6-15(12-14)21(11-3-10-19)17-9-8-13-4-1-7-16(13)20-17/h2,5-6,8-9,12H,1,3-4,7,10-11,19H2. The van der Waals surface area contributed by atoms with Gasteiger partial charge in [-0.15, -0.1) is 0 Å². The molecule has 0 fully saturated rings. The minimum Gasteiger partial charge on any atom is -0.330 e. The zero-order valence-electron chi connectivity index (χ0n) is 12.1. The van der Waals surface area contributed by atoms with Gasteiger partial charge in [-0.25, -0.2) is 9.37 Å². The van der Waals surface area contributed by atoms with Crippen LogP contribution in [0.15, 0.2) is 36.4 Å². The van der Waals surface area contributed by atoms with Crippen molar-refractivity contribution in [1.29, 1.82) is 0 Å². The number of pyridine rings is 1. The zero-order chi connectivity index (χ0) is 14.7. The molecule has 1 aromatic carbocycles. The largest absolute Gasteiger partial charge is 0.330 e. The molecule has 0 spiro atoms. The number of nitrogens with two attached hydrogens (primary N) is 1. The minimum atomic E-state index is -0.230. The summed E-state index contributed by atoms with van der Waals surface area (Å²) in [5.41, 5.74) is 8.99. The molecule has 21 heavy (non-hydrogen) atoms. The third-order valence-electron chi connectivity index (χ3n) is 3.90. The summed E-state index contributed by atoms with van der Waals surface area (Å²) >= 11 is 0. The van der Waals surface area contributed by atoms with Gasteiger partial charge in [0.1, 0.15) is 11.6 Å². The number of anilines is 2. The van der Waals surface area contributed by atoms with Gasteiger partial charge in [-0.1, -0.05) is 12.1 Å². The van der Waals surface area contributed by atoms with Crippen LogP contribution in [-0.4, -0.2) is 18.1 Å². The lowest BCUT2D eigenvalue weighted by atomic mass is 10.2. The fourth-order valence-electron chi connectivity index (χ4n) is 2.83. The maximum Gasteiger partial charge on any atom is 0.133 e. The average Bonchev–Trinajstić information content (AvgIpc) is 2.95. The van der Waals surface area contributed by atoms with E-state index in [1.54, 1.807) is 12.1 Å². The first kappa shape index (κ1) is 14.0. The lowest BCUT2D eigenvalue weighted by Gasteiger charge is -2.24. The van der Waals surface area contributed by atoms with E-state index in [0.717, 1.165) is 37.3 Å². The maximum atomic E-state index is 13.5. The van der Waals surface area contributed by atoms with Crippen LogP contribution in [0.5, 0.6) is 0 Å². The van der Waals surface area contributed by atoms with E-state index in [0.29, 0.717) is 6.54 Å². The second-order valence-electron chi connectivity index (χ2n) is 5.40. The predicted octanol–water partition coefficient (Wildman–Crippen LogP) is 3.20. The molecule has 3 rings (SSSR count). The molecular formula is C17H20FN3. The number of halogens is 1. The van der Waals surface area contributed by atoms with E-state index in [4.69, 9.17) is 10.7 Å². The number of aromatic nitrogens is 1. The summed E-state index contributed by atoms with van der Waals surface area (Å²) in [5, 5.41) is 0. The maximum absolute atomic E-state index is 13.5. The normalized spacial score (nSPS) is 13.2. The Hall–Kier alpha value is -1.94. The highest BCUT2D eigenvalue weighted by atomic mass is 19.1. The number of fused-ring (bicyclic) bond motifs is 1. The third-order valence-corrected chi connectivity index (χ3v) is 3.90. The third kappa shape index (κ3) is 3.05. The smallest absolute Gasteiger partial charge is 0.133 e. The van der Waals surface area contributed by atoms with Gasteiger partial charge in [0.25, 0.3) is 0 Å². The molecule has 2 N–H and O–H groups in total. The Kier molecular flexibility index (Phi) is 4.15. The van der Waals surface area contributed by atoms with Gasteiger partial charge in [0, 0.05) is 17.9 Å². The highest BCUT2D eigenvalue weighted by molar-refractivity contribution is 5.60. The number of nitrogens with zero attached hydrogens (tertiary/aromatic N) is 2. The average molecular weight is 285 g/mol. The van der Waals surface area contributed by atoms with Crippen LogP contribution in [0.2, 0.25) is 0 Å². The molecule has 0 amide bonds. The van der Waals surface area contributed by atoms with E-state index in [9.17, 15) is 4.39 Å². The quantitative estimate of drug-likeness (QED) is 0.917. The van der Waals surface area contributed by atoms with Crippen LogP contribution < -0.4 is 10.6 Å². The molecule has 1 aromatic heterocycles. The van der Waals surface area contributed by atoms with E-state index in [1.165, 1.54) is 23.7 Å². The van der Waals surface area contributed by atoms with E-state index < -0.39 is 0 Å². The van der Waals surface area contributed by atoms with E-state index >= 15 is 0 Å². The summed E-state index contributed by atoms with van der Waals surface area (Å²) in [6.07, 6.45) is 4.17. The Morgan fingerprint density at radius 3 is 2.90 bits per heavy atom. The van der Waals surface area contributed by atoms with Crippen molar-refractivity contribution in [3.63, 3.8) is 0 Å². The van der Waals surface area contributed by atoms with Gasteiger partial charge in [0.2, 0.25) is 0 Å². The van der Waals surface area contributed by atoms with Crippen molar-refractivity contribution in [3.8, 4) is 0 Å². The molecule has 0 unspecified atom stereocenters. The van der Waals surface area contributed by atoms with Gasteiger partial charge < -0.3 is 10.6 Å². The Morgan fingerprint density at radius 1 is 1.19 bits per heavy atom. The van der Waals surface area contributed by atoms with Gasteiger partial charge >= 0.3 is 0 Å². The zero-order valence-corrected chi connectivity index (χ0v) is 12.1. The van der Waals surface area contributed by atoms with Gasteiger partial charge in [-0.2, -0.15) is 0 Å². The molecule has 1 aliphatic carbocycles. The molecule has 1 heterocycles. The molecule has 0 aliphatic heterocycles. The predicted molar refractivity (Wildman–Crippen MR) is 83.3 cm³/mol. The number of rotatable bonds is 5. The molecule has 110 valence electrons. The molecule has 0 bridgehead atoms. The second kappa shape index (κ2) is 6.22. The second-order valence-corrected chi connectivity index (χ2v) is 5.40. The minimum absolute atomic E-state index is 0.230. The monoisotopic (exact) mass is 285 g/mol. The Bertz CT molecular complexity index is 627. The van der Waals surface area contributed by atoms with Gasteiger partial charge in [0.15, 0.2) is 0 Å². The first-order chi connectivity index (χ1) is 10.3. The van der Waals surface area contributed by atoms with Crippen molar-refractivity contribution in [2.24, 2.45) is 5.73 Å². The molecule has 0 saturated heterocycles. The van der Waals surface area contributed by atoms with E-state index in [-0.39, 0.29) is 5.82 Å². The first-order valence-electron chi connectivity index (χ1n) is 7.50. The van der Waals surface area contributed by atoms with Crippen molar-refractivity contribution >= 4 is 11.5 Å². The van der Waals surface area contributed by atoms with Crippen molar-refractivity contribution in [2.75, 3.05) is 18.0 Å². The van der Waals surface area contributed by atoms with Crippen LogP contribution in [0.1, 0.15) is 24.1 Å².